The monoisotopic (exact) mass is 295 g/mol. The van der Waals surface area contributed by atoms with Gasteiger partial charge >= 0.3 is 0 Å². The van der Waals surface area contributed by atoms with Gasteiger partial charge in [0, 0.05) is 19.2 Å². The second-order valence-electron chi connectivity index (χ2n) is 4.63. The van der Waals surface area contributed by atoms with Crippen molar-refractivity contribution in [3.05, 3.63) is 39.7 Å². The van der Waals surface area contributed by atoms with Crippen LogP contribution in [0.25, 0.3) is 0 Å². The molecule has 0 spiro atoms. The van der Waals surface area contributed by atoms with E-state index in [1.807, 2.05) is 0 Å². The Morgan fingerprint density at radius 2 is 2.29 bits per heavy atom. The topological polar surface area (TPSA) is 92.6 Å². The zero-order valence-corrected chi connectivity index (χ0v) is 11.3. The van der Waals surface area contributed by atoms with E-state index in [9.17, 15) is 24.1 Å². The first-order chi connectivity index (χ1) is 9.95. The first-order valence-electron chi connectivity index (χ1n) is 6.48. The number of non-ortho nitro benzene ring substituents is 1. The Bertz CT molecular complexity index is 605. The fraction of sp³-hybridized carbons (Fsp3) is 0.385. The molecule has 1 aromatic rings. The molecule has 8 heteroatoms. The molecule has 1 saturated heterocycles. The Morgan fingerprint density at radius 1 is 1.57 bits per heavy atom. The molecule has 1 aromatic carbocycles. The molecule has 0 saturated carbocycles. The van der Waals surface area contributed by atoms with E-state index in [-0.39, 0.29) is 18.0 Å². The minimum Gasteiger partial charge on any atom is -0.353 e. The summed E-state index contributed by atoms with van der Waals surface area (Å²) in [6.45, 7) is 2.33. The summed E-state index contributed by atoms with van der Waals surface area (Å²) in [7, 11) is 0. The molecule has 2 rings (SSSR count). The summed E-state index contributed by atoms with van der Waals surface area (Å²) >= 11 is 0. The Morgan fingerprint density at radius 3 is 2.86 bits per heavy atom. The molecular formula is C13H14FN3O4. The van der Waals surface area contributed by atoms with Gasteiger partial charge < -0.3 is 10.2 Å². The Kier molecular flexibility index (Phi) is 4.15. The molecular weight excluding hydrogens is 281 g/mol. The summed E-state index contributed by atoms with van der Waals surface area (Å²) < 4.78 is 13.9. The highest BCUT2D eigenvalue weighted by atomic mass is 19.1. The van der Waals surface area contributed by atoms with E-state index < -0.39 is 28.4 Å². The second-order valence-corrected chi connectivity index (χ2v) is 4.63. The summed E-state index contributed by atoms with van der Waals surface area (Å²) in [4.78, 5) is 35.2. The highest BCUT2D eigenvalue weighted by Gasteiger charge is 2.33. The van der Waals surface area contributed by atoms with E-state index >= 15 is 0 Å². The molecule has 21 heavy (non-hydrogen) atoms. The molecule has 1 aliphatic heterocycles. The van der Waals surface area contributed by atoms with Gasteiger partial charge in [-0.2, -0.15) is 0 Å². The number of benzene rings is 1. The van der Waals surface area contributed by atoms with Crippen molar-refractivity contribution in [2.24, 2.45) is 0 Å². The molecule has 112 valence electrons. The molecule has 1 atom stereocenters. The van der Waals surface area contributed by atoms with Gasteiger partial charge in [0.1, 0.15) is 11.9 Å². The van der Waals surface area contributed by atoms with Crippen molar-refractivity contribution in [1.29, 1.82) is 0 Å². The van der Waals surface area contributed by atoms with E-state index in [1.165, 1.54) is 4.90 Å². The van der Waals surface area contributed by atoms with Crippen molar-refractivity contribution in [2.45, 2.75) is 19.4 Å². The van der Waals surface area contributed by atoms with Crippen LogP contribution in [0.4, 0.5) is 10.1 Å². The zero-order valence-electron chi connectivity index (χ0n) is 11.3. The summed E-state index contributed by atoms with van der Waals surface area (Å²) in [5.41, 5.74) is -0.693. The largest absolute Gasteiger partial charge is 0.353 e. The standard InChI is InChI=1S/C13H14FN3O4/c1-2-11-12(18)15-5-6-16(11)13(19)9-4-3-8(17(20)21)7-10(9)14/h3-4,7,11H,2,5-6H2,1H3,(H,15,18). The van der Waals surface area contributed by atoms with Crippen molar-refractivity contribution >= 4 is 17.5 Å². The van der Waals surface area contributed by atoms with Gasteiger partial charge in [-0.25, -0.2) is 4.39 Å². The fourth-order valence-electron chi connectivity index (χ4n) is 2.31. The second kappa shape index (κ2) is 5.86. The normalized spacial score (nSPS) is 18.3. The molecule has 1 fully saturated rings. The van der Waals surface area contributed by atoms with Gasteiger partial charge in [0.2, 0.25) is 5.91 Å². The number of carbonyl (C=O) groups excluding carboxylic acids is 2. The van der Waals surface area contributed by atoms with Crippen molar-refractivity contribution in [1.82, 2.24) is 10.2 Å². The van der Waals surface area contributed by atoms with Crippen LogP contribution in [0.3, 0.4) is 0 Å². The van der Waals surface area contributed by atoms with Crippen molar-refractivity contribution in [3.63, 3.8) is 0 Å². The third kappa shape index (κ3) is 2.83. The van der Waals surface area contributed by atoms with Crippen LogP contribution in [0, 0.1) is 15.9 Å². The number of nitro benzene ring substituents is 1. The Labute approximate surface area is 119 Å². The zero-order chi connectivity index (χ0) is 15.6. The quantitative estimate of drug-likeness (QED) is 0.667. The number of nitro groups is 1. The SMILES string of the molecule is CCC1C(=O)NCCN1C(=O)c1ccc([N+](=O)[O-])cc1F. The lowest BCUT2D eigenvalue weighted by molar-refractivity contribution is -0.385. The number of nitrogens with one attached hydrogen (secondary N) is 1. The van der Waals surface area contributed by atoms with Crippen LogP contribution < -0.4 is 5.32 Å². The number of hydrogen-bond acceptors (Lipinski definition) is 4. The van der Waals surface area contributed by atoms with Crippen LogP contribution >= 0.6 is 0 Å². The Balaban J connectivity index is 2.31. The molecule has 0 bridgehead atoms. The van der Waals surface area contributed by atoms with E-state index in [0.717, 1.165) is 12.1 Å². The molecule has 7 nitrogen and oxygen atoms in total. The molecule has 1 aliphatic rings. The first-order valence-corrected chi connectivity index (χ1v) is 6.48. The van der Waals surface area contributed by atoms with Gasteiger partial charge in [-0.05, 0) is 12.5 Å². The first kappa shape index (κ1) is 14.9. The maximum atomic E-state index is 13.9. The van der Waals surface area contributed by atoms with Crippen LogP contribution in [0.15, 0.2) is 18.2 Å². The summed E-state index contributed by atoms with van der Waals surface area (Å²) in [6, 6.07) is 2.20. The van der Waals surface area contributed by atoms with Crippen LogP contribution in [-0.4, -0.2) is 40.8 Å². The minimum absolute atomic E-state index is 0.270. The highest BCUT2D eigenvalue weighted by molar-refractivity contribution is 5.98. The van der Waals surface area contributed by atoms with E-state index in [4.69, 9.17) is 0 Å². The summed E-state index contributed by atoms with van der Waals surface area (Å²) in [6.07, 6.45) is 0.409. The predicted octanol–water partition coefficient (Wildman–Crippen LogP) is 1.08. The lowest BCUT2D eigenvalue weighted by atomic mass is 10.1. The maximum Gasteiger partial charge on any atom is 0.272 e. The van der Waals surface area contributed by atoms with Gasteiger partial charge in [0.25, 0.3) is 11.6 Å². The molecule has 0 radical (unpaired) electrons. The van der Waals surface area contributed by atoms with Gasteiger partial charge in [0.05, 0.1) is 16.6 Å². The average Bonchev–Trinajstić information content (AvgIpc) is 2.46. The van der Waals surface area contributed by atoms with Crippen molar-refractivity contribution < 1.29 is 18.9 Å². The molecule has 0 aromatic heterocycles. The molecule has 2 amide bonds. The van der Waals surface area contributed by atoms with Gasteiger partial charge in [-0.3, -0.25) is 19.7 Å². The van der Waals surface area contributed by atoms with Crippen molar-refractivity contribution in [2.75, 3.05) is 13.1 Å². The number of carbonyl (C=O) groups is 2. The number of nitrogens with zero attached hydrogens (tertiary/aromatic N) is 2. The predicted molar refractivity (Wildman–Crippen MR) is 71.2 cm³/mol. The smallest absolute Gasteiger partial charge is 0.272 e. The lowest BCUT2D eigenvalue weighted by Gasteiger charge is -2.34. The average molecular weight is 295 g/mol. The fourth-order valence-corrected chi connectivity index (χ4v) is 2.31. The third-order valence-corrected chi connectivity index (χ3v) is 3.37. The molecule has 1 unspecified atom stereocenters. The van der Waals surface area contributed by atoms with Crippen LogP contribution in [0.1, 0.15) is 23.7 Å². The van der Waals surface area contributed by atoms with E-state index in [2.05, 4.69) is 5.32 Å². The van der Waals surface area contributed by atoms with E-state index in [1.54, 1.807) is 6.92 Å². The molecule has 1 N–H and O–H groups in total. The van der Waals surface area contributed by atoms with Gasteiger partial charge in [-0.1, -0.05) is 6.92 Å². The van der Waals surface area contributed by atoms with Crippen molar-refractivity contribution in [3.8, 4) is 0 Å². The number of amides is 2. The van der Waals surface area contributed by atoms with Crippen LogP contribution in [-0.2, 0) is 4.79 Å². The summed E-state index contributed by atoms with van der Waals surface area (Å²) in [5, 5.41) is 13.2. The number of rotatable bonds is 3. The highest BCUT2D eigenvalue weighted by Crippen LogP contribution is 2.20. The van der Waals surface area contributed by atoms with E-state index in [0.29, 0.717) is 19.0 Å². The number of hydrogen-bond donors (Lipinski definition) is 1. The number of halogens is 1. The Hall–Kier alpha value is -2.51. The van der Waals surface area contributed by atoms with Gasteiger partial charge in [0.15, 0.2) is 0 Å². The van der Waals surface area contributed by atoms with Gasteiger partial charge in [-0.15, -0.1) is 0 Å². The van der Waals surface area contributed by atoms with Crippen LogP contribution in [0.5, 0.6) is 0 Å². The lowest BCUT2D eigenvalue weighted by Crippen LogP contribution is -2.57. The molecule has 0 aliphatic carbocycles. The third-order valence-electron chi connectivity index (χ3n) is 3.37. The maximum absolute atomic E-state index is 13.9. The number of piperazine rings is 1. The molecule has 1 heterocycles. The summed E-state index contributed by atoms with van der Waals surface area (Å²) in [5.74, 6) is -1.88. The van der Waals surface area contributed by atoms with Crippen LogP contribution in [0.2, 0.25) is 0 Å². The minimum atomic E-state index is -0.963.